The number of pyridine rings is 1. The molecule has 1 atom stereocenters. The van der Waals surface area contributed by atoms with Gasteiger partial charge in [-0.15, -0.1) is 0 Å². The fraction of sp³-hybridized carbons (Fsp3) is 0.529. The number of aryl methyl sites for hydroxylation is 2. The second-order valence-corrected chi connectivity index (χ2v) is 8.86. The lowest BCUT2D eigenvalue weighted by Crippen LogP contribution is -2.38. The third-order valence-electron chi connectivity index (χ3n) is 4.63. The van der Waals surface area contributed by atoms with Gasteiger partial charge in [-0.1, -0.05) is 11.2 Å². The van der Waals surface area contributed by atoms with Crippen molar-refractivity contribution in [1.29, 1.82) is 0 Å². The van der Waals surface area contributed by atoms with E-state index in [0.717, 1.165) is 41.2 Å². The van der Waals surface area contributed by atoms with Crippen molar-refractivity contribution in [3.05, 3.63) is 35.3 Å². The van der Waals surface area contributed by atoms with Gasteiger partial charge in [-0.25, -0.2) is 0 Å². The van der Waals surface area contributed by atoms with Gasteiger partial charge in [0, 0.05) is 32.9 Å². The molecule has 0 bridgehead atoms. The Labute approximate surface area is 148 Å². The summed E-state index contributed by atoms with van der Waals surface area (Å²) in [4.78, 5) is 4.74. The third-order valence-corrected chi connectivity index (χ3v) is 6.54. The standard InChI is InChI=1S/C17H24N4O3S/c1-12-17(13(2)24-19-12)16-7-5-6-15(18-16)10-14-8-9-21(11-14)25(22,23)20(3)4/h5-7,14H,8-11H2,1-4H3/t14-/m0/s1. The molecule has 1 aliphatic rings. The van der Waals surface area contributed by atoms with E-state index in [2.05, 4.69) is 5.16 Å². The van der Waals surface area contributed by atoms with Gasteiger partial charge in [-0.05, 0) is 44.7 Å². The number of hydrogen-bond acceptors (Lipinski definition) is 5. The van der Waals surface area contributed by atoms with E-state index in [1.54, 1.807) is 18.4 Å². The summed E-state index contributed by atoms with van der Waals surface area (Å²) in [6.07, 6.45) is 1.61. The Bertz CT molecular complexity index is 841. The van der Waals surface area contributed by atoms with Crippen LogP contribution in [0.25, 0.3) is 11.3 Å². The molecule has 1 aliphatic heterocycles. The molecule has 7 nitrogen and oxygen atoms in total. The van der Waals surface area contributed by atoms with Crippen LogP contribution < -0.4 is 0 Å². The molecule has 8 heteroatoms. The first-order valence-electron chi connectivity index (χ1n) is 8.36. The van der Waals surface area contributed by atoms with Crippen LogP contribution in [0.15, 0.2) is 22.7 Å². The molecule has 0 aromatic carbocycles. The Kier molecular flexibility index (Phi) is 4.95. The monoisotopic (exact) mass is 364 g/mol. The summed E-state index contributed by atoms with van der Waals surface area (Å²) in [6.45, 7) is 4.89. The van der Waals surface area contributed by atoms with Gasteiger partial charge in [-0.2, -0.15) is 17.0 Å². The van der Waals surface area contributed by atoms with E-state index in [0.29, 0.717) is 13.1 Å². The molecular formula is C17H24N4O3S. The molecule has 0 radical (unpaired) electrons. The Morgan fingerprint density at radius 1 is 1.32 bits per heavy atom. The quantitative estimate of drug-likeness (QED) is 0.811. The maximum atomic E-state index is 12.2. The van der Waals surface area contributed by atoms with Crippen LogP contribution in [-0.4, -0.2) is 54.4 Å². The van der Waals surface area contributed by atoms with Crippen LogP contribution in [0, 0.1) is 19.8 Å². The number of rotatable bonds is 5. The Morgan fingerprint density at radius 3 is 2.72 bits per heavy atom. The molecule has 1 fully saturated rings. The molecule has 3 heterocycles. The van der Waals surface area contributed by atoms with Gasteiger partial charge >= 0.3 is 0 Å². The van der Waals surface area contributed by atoms with Crippen molar-refractivity contribution in [3.63, 3.8) is 0 Å². The zero-order valence-corrected chi connectivity index (χ0v) is 15.9. The van der Waals surface area contributed by atoms with Crippen LogP contribution >= 0.6 is 0 Å². The van der Waals surface area contributed by atoms with E-state index >= 15 is 0 Å². The van der Waals surface area contributed by atoms with E-state index < -0.39 is 10.2 Å². The molecule has 0 amide bonds. The van der Waals surface area contributed by atoms with Crippen molar-refractivity contribution in [3.8, 4) is 11.3 Å². The molecule has 25 heavy (non-hydrogen) atoms. The Hall–Kier alpha value is -1.77. The zero-order chi connectivity index (χ0) is 18.2. The highest BCUT2D eigenvalue weighted by Crippen LogP contribution is 2.27. The van der Waals surface area contributed by atoms with Crippen molar-refractivity contribution in [2.75, 3.05) is 27.2 Å². The largest absolute Gasteiger partial charge is 0.361 e. The summed E-state index contributed by atoms with van der Waals surface area (Å²) in [5, 5.41) is 3.99. The highest BCUT2D eigenvalue weighted by atomic mass is 32.2. The normalized spacial score (nSPS) is 19.0. The Morgan fingerprint density at radius 2 is 2.08 bits per heavy atom. The van der Waals surface area contributed by atoms with Crippen molar-refractivity contribution >= 4 is 10.2 Å². The topological polar surface area (TPSA) is 79.5 Å². The Balaban J connectivity index is 1.74. The molecular weight excluding hydrogens is 340 g/mol. The first kappa shape index (κ1) is 18.0. The first-order chi connectivity index (χ1) is 11.8. The maximum Gasteiger partial charge on any atom is 0.281 e. The minimum absolute atomic E-state index is 0.280. The molecule has 0 unspecified atom stereocenters. The third kappa shape index (κ3) is 3.61. The SMILES string of the molecule is Cc1noc(C)c1-c1cccc(C[C@@H]2CCN(S(=O)(=O)N(C)C)C2)n1. The number of hydrogen-bond donors (Lipinski definition) is 0. The highest BCUT2D eigenvalue weighted by Gasteiger charge is 2.32. The van der Waals surface area contributed by atoms with Crippen molar-refractivity contribution < 1.29 is 12.9 Å². The van der Waals surface area contributed by atoms with Gasteiger partial charge in [-0.3, -0.25) is 4.98 Å². The summed E-state index contributed by atoms with van der Waals surface area (Å²) in [7, 11) is -0.198. The van der Waals surface area contributed by atoms with E-state index in [-0.39, 0.29) is 5.92 Å². The van der Waals surface area contributed by atoms with Crippen LogP contribution in [0.4, 0.5) is 0 Å². The summed E-state index contributed by atoms with van der Waals surface area (Å²) >= 11 is 0. The molecule has 1 saturated heterocycles. The van der Waals surface area contributed by atoms with Gasteiger partial charge in [0.05, 0.1) is 17.0 Å². The fourth-order valence-corrected chi connectivity index (χ4v) is 4.48. The molecule has 0 N–H and O–H groups in total. The summed E-state index contributed by atoms with van der Waals surface area (Å²) in [5.74, 6) is 1.04. The summed E-state index contributed by atoms with van der Waals surface area (Å²) in [5.41, 5.74) is 3.58. The molecule has 2 aromatic rings. The molecule has 0 aliphatic carbocycles. The van der Waals surface area contributed by atoms with Crippen LogP contribution in [0.1, 0.15) is 23.6 Å². The van der Waals surface area contributed by atoms with Crippen LogP contribution in [-0.2, 0) is 16.6 Å². The van der Waals surface area contributed by atoms with E-state index in [1.807, 2.05) is 32.0 Å². The molecule has 136 valence electrons. The van der Waals surface area contributed by atoms with Gasteiger partial charge in [0.2, 0.25) is 0 Å². The summed E-state index contributed by atoms with van der Waals surface area (Å²) in [6, 6.07) is 5.92. The molecule has 2 aromatic heterocycles. The van der Waals surface area contributed by atoms with Crippen molar-refractivity contribution in [1.82, 2.24) is 18.8 Å². The fourth-order valence-electron chi connectivity index (χ4n) is 3.28. The van der Waals surface area contributed by atoms with E-state index in [9.17, 15) is 8.42 Å². The molecule has 3 rings (SSSR count). The zero-order valence-electron chi connectivity index (χ0n) is 15.1. The van der Waals surface area contributed by atoms with Crippen molar-refractivity contribution in [2.24, 2.45) is 5.92 Å². The molecule has 0 spiro atoms. The van der Waals surface area contributed by atoms with Gasteiger partial charge in [0.25, 0.3) is 10.2 Å². The van der Waals surface area contributed by atoms with Crippen molar-refractivity contribution in [2.45, 2.75) is 26.7 Å². The smallest absolute Gasteiger partial charge is 0.281 e. The van der Waals surface area contributed by atoms with Gasteiger partial charge < -0.3 is 4.52 Å². The second-order valence-electron chi connectivity index (χ2n) is 6.72. The number of nitrogens with zero attached hydrogens (tertiary/aromatic N) is 4. The molecule has 0 saturated carbocycles. The predicted molar refractivity (Wildman–Crippen MR) is 95.2 cm³/mol. The lowest BCUT2D eigenvalue weighted by Gasteiger charge is -2.20. The minimum Gasteiger partial charge on any atom is -0.361 e. The number of aromatic nitrogens is 2. The lowest BCUT2D eigenvalue weighted by atomic mass is 10.0. The average Bonchev–Trinajstić information content (AvgIpc) is 3.15. The van der Waals surface area contributed by atoms with Crippen LogP contribution in [0.2, 0.25) is 0 Å². The summed E-state index contributed by atoms with van der Waals surface area (Å²) < 4.78 is 32.5. The van der Waals surface area contributed by atoms with Gasteiger partial charge in [0.1, 0.15) is 5.76 Å². The maximum absolute atomic E-state index is 12.2. The first-order valence-corrected chi connectivity index (χ1v) is 9.75. The minimum atomic E-state index is -3.33. The van der Waals surface area contributed by atoms with E-state index in [4.69, 9.17) is 9.51 Å². The van der Waals surface area contributed by atoms with E-state index in [1.165, 1.54) is 4.31 Å². The predicted octanol–water partition coefficient (Wildman–Crippen LogP) is 2.02. The van der Waals surface area contributed by atoms with Crippen LogP contribution in [0.3, 0.4) is 0 Å². The highest BCUT2D eigenvalue weighted by molar-refractivity contribution is 7.86. The van der Waals surface area contributed by atoms with Gasteiger partial charge in [0.15, 0.2) is 0 Å². The second kappa shape index (κ2) is 6.86. The average molecular weight is 364 g/mol. The van der Waals surface area contributed by atoms with Crippen LogP contribution in [0.5, 0.6) is 0 Å². The lowest BCUT2D eigenvalue weighted by molar-refractivity contribution is 0.393.